The van der Waals surface area contributed by atoms with E-state index in [1.165, 1.54) is 0 Å². The maximum atomic E-state index is 10.1. The second-order valence-corrected chi connectivity index (χ2v) is 5.02. The van der Waals surface area contributed by atoms with E-state index in [0.29, 0.717) is 5.76 Å². The van der Waals surface area contributed by atoms with Gasteiger partial charge in [0, 0.05) is 25.7 Å². The molecule has 1 N–H and O–H groups in total. The SMILES string of the molecule is C=C[C@@H](C1=C[C@@H](OC)C(OC)=C[C@H]1OC)c1ccccc1O. The van der Waals surface area contributed by atoms with Gasteiger partial charge in [-0.3, -0.25) is 0 Å². The molecule has 1 aromatic carbocycles. The van der Waals surface area contributed by atoms with Gasteiger partial charge in [0.05, 0.1) is 7.11 Å². The van der Waals surface area contributed by atoms with Crippen LogP contribution in [0, 0.1) is 0 Å². The standard InChI is InChI=1S/C18H22O4/c1-5-12(13-8-6-7-9-15(13)19)14-10-17(21-3)18(22-4)11-16(14)20-2/h5-12,16-17,19H,1H2,2-4H3/t12-,16-,17-/m1/s1. The Morgan fingerprint density at radius 2 is 1.77 bits per heavy atom. The third-order valence-electron chi connectivity index (χ3n) is 3.88. The maximum Gasteiger partial charge on any atom is 0.132 e. The van der Waals surface area contributed by atoms with Gasteiger partial charge < -0.3 is 19.3 Å². The topological polar surface area (TPSA) is 47.9 Å². The van der Waals surface area contributed by atoms with Crippen LogP contribution in [0.3, 0.4) is 0 Å². The molecule has 1 aliphatic rings. The second-order valence-electron chi connectivity index (χ2n) is 5.02. The Bertz CT molecular complexity index is 589. The Morgan fingerprint density at radius 3 is 2.32 bits per heavy atom. The van der Waals surface area contributed by atoms with Crippen LogP contribution in [0.5, 0.6) is 5.75 Å². The van der Waals surface area contributed by atoms with E-state index >= 15 is 0 Å². The highest BCUT2D eigenvalue weighted by Crippen LogP contribution is 2.37. The van der Waals surface area contributed by atoms with Gasteiger partial charge in [-0.25, -0.2) is 0 Å². The molecule has 118 valence electrons. The number of hydrogen-bond donors (Lipinski definition) is 1. The van der Waals surface area contributed by atoms with Crippen LogP contribution in [-0.2, 0) is 14.2 Å². The Morgan fingerprint density at radius 1 is 1.09 bits per heavy atom. The second kappa shape index (κ2) is 7.29. The van der Waals surface area contributed by atoms with Gasteiger partial charge in [0.15, 0.2) is 0 Å². The fraction of sp³-hybridized carbons (Fsp3) is 0.333. The smallest absolute Gasteiger partial charge is 0.132 e. The molecule has 1 aromatic rings. The molecule has 0 fully saturated rings. The summed E-state index contributed by atoms with van der Waals surface area (Å²) in [5.41, 5.74) is 1.75. The van der Waals surface area contributed by atoms with E-state index in [2.05, 4.69) is 6.58 Å². The van der Waals surface area contributed by atoms with Gasteiger partial charge in [-0.05, 0) is 23.8 Å². The molecule has 0 aliphatic heterocycles. The number of aromatic hydroxyl groups is 1. The summed E-state index contributed by atoms with van der Waals surface area (Å²) in [7, 11) is 4.87. The van der Waals surface area contributed by atoms with E-state index in [1.807, 2.05) is 24.3 Å². The molecular weight excluding hydrogens is 280 g/mol. The summed E-state index contributed by atoms with van der Waals surface area (Å²) in [6, 6.07) is 7.23. The van der Waals surface area contributed by atoms with Gasteiger partial charge in [-0.2, -0.15) is 0 Å². The van der Waals surface area contributed by atoms with Crippen molar-refractivity contribution in [2.45, 2.75) is 18.1 Å². The summed E-state index contributed by atoms with van der Waals surface area (Å²) in [6.07, 6.45) is 5.11. The molecule has 0 saturated carbocycles. The van der Waals surface area contributed by atoms with Gasteiger partial charge in [0.25, 0.3) is 0 Å². The van der Waals surface area contributed by atoms with Crippen molar-refractivity contribution >= 4 is 0 Å². The van der Waals surface area contributed by atoms with E-state index in [-0.39, 0.29) is 23.9 Å². The molecule has 0 saturated heterocycles. The largest absolute Gasteiger partial charge is 0.508 e. The summed E-state index contributed by atoms with van der Waals surface area (Å²) in [5, 5.41) is 10.1. The summed E-state index contributed by atoms with van der Waals surface area (Å²) >= 11 is 0. The monoisotopic (exact) mass is 302 g/mol. The number of phenolic OH excluding ortho intramolecular Hbond substituents is 1. The maximum absolute atomic E-state index is 10.1. The van der Waals surface area contributed by atoms with Crippen molar-refractivity contribution in [1.29, 1.82) is 0 Å². The van der Waals surface area contributed by atoms with Gasteiger partial charge >= 0.3 is 0 Å². The molecule has 2 rings (SSSR count). The van der Waals surface area contributed by atoms with Crippen LogP contribution in [0.1, 0.15) is 11.5 Å². The highest BCUT2D eigenvalue weighted by molar-refractivity contribution is 5.46. The predicted molar refractivity (Wildman–Crippen MR) is 85.8 cm³/mol. The first-order chi connectivity index (χ1) is 10.7. The Balaban J connectivity index is 2.45. The zero-order chi connectivity index (χ0) is 16.1. The third-order valence-corrected chi connectivity index (χ3v) is 3.88. The summed E-state index contributed by atoms with van der Waals surface area (Å²) in [6.45, 7) is 3.91. The highest BCUT2D eigenvalue weighted by atomic mass is 16.5. The van der Waals surface area contributed by atoms with Crippen molar-refractivity contribution in [1.82, 2.24) is 0 Å². The minimum Gasteiger partial charge on any atom is -0.508 e. The van der Waals surface area contributed by atoms with Crippen molar-refractivity contribution < 1.29 is 19.3 Å². The number of hydrogen-bond acceptors (Lipinski definition) is 4. The van der Waals surface area contributed by atoms with Gasteiger partial charge in [0.2, 0.25) is 0 Å². The molecule has 4 heteroatoms. The quantitative estimate of drug-likeness (QED) is 0.820. The van der Waals surface area contributed by atoms with Crippen molar-refractivity contribution in [2.24, 2.45) is 0 Å². The molecule has 0 heterocycles. The van der Waals surface area contributed by atoms with Crippen molar-refractivity contribution in [3.05, 3.63) is 66.0 Å². The van der Waals surface area contributed by atoms with E-state index in [9.17, 15) is 5.11 Å². The lowest BCUT2D eigenvalue weighted by atomic mass is 9.83. The predicted octanol–water partition coefficient (Wildman–Crippen LogP) is 3.16. The lowest BCUT2D eigenvalue weighted by Gasteiger charge is -2.30. The molecule has 4 nitrogen and oxygen atoms in total. The molecule has 22 heavy (non-hydrogen) atoms. The third kappa shape index (κ3) is 3.08. The molecule has 3 atom stereocenters. The van der Waals surface area contributed by atoms with Crippen LogP contribution in [0.4, 0.5) is 0 Å². The first-order valence-electron chi connectivity index (χ1n) is 7.09. The van der Waals surface area contributed by atoms with Crippen LogP contribution in [0.15, 0.2) is 60.4 Å². The summed E-state index contributed by atoms with van der Waals surface area (Å²) in [4.78, 5) is 0. The lowest BCUT2D eigenvalue weighted by molar-refractivity contribution is 0.0909. The fourth-order valence-corrected chi connectivity index (χ4v) is 2.74. The van der Waals surface area contributed by atoms with Gasteiger partial charge in [-0.15, -0.1) is 6.58 Å². The molecule has 0 unspecified atom stereocenters. The lowest BCUT2D eigenvalue weighted by Crippen LogP contribution is -2.27. The van der Waals surface area contributed by atoms with E-state index in [4.69, 9.17) is 14.2 Å². The van der Waals surface area contributed by atoms with E-state index in [0.717, 1.165) is 11.1 Å². The number of allylic oxidation sites excluding steroid dienone is 1. The Kier molecular flexibility index (Phi) is 5.41. The molecule has 0 aromatic heterocycles. The molecule has 0 radical (unpaired) electrons. The zero-order valence-corrected chi connectivity index (χ0v) is 13.2. The molecule has 0 amide bonds. The van der Waals surface area contributed by atoms with Crippen LogP contribution in [0.2, 0.25) is 0 Å². The average Bonchev–Trinajstić information content (AvgIpc) is 2.56. The highest BCUT2D eigenvalue weighted by Gasteiger charge is 2.30. The first kappa shape index (κ1) is 16.3. The summed E-state index contributed by atoms with van der Waals surface area (Å²) < 4.78 is 16.4. The van der Waals surface area contributed by atoms with Crippen LogP contribution in [0.25, 0.3) is 0 Å². The Labute approximate surface area is 131 Å². The van der Waals surface area contributed by atoms with Gasteiger partial charge in [0.1, 0.15) is 23.7 Å². The zero-order valence-electron chi connectivity index (χ0n) is 13.2. The number of ether oxygens (including phenoxy) is 3. The van der Waals surface area contributed by atoms with E-state index < -0.39 is 0 Å². The fourth-order valence-electron chi connectivity index (χ4n) is 2.74. The van der Waals surface area contributed by atoms with Crippen LogP contribution in [-0.4, -0.2) is 38.6 Å². The Hall–Kier alpha value is -2.04. The molecular formula is C18H22O4. The van der Waals surface area contributed by atoms with Crippen LogP contribution < -0.4 is 0 Å². The van der Waals surface area contributed by atoms with Gasteiger partial charge in [-0.1, -0.05) is 24.3 Å². The number of rotatable bonds is 6. The number of para-hydroxylation sites is 1. The normalized spacial score (nSPS) is 22.5. The average molecular weight is 302 g/mol. The van der Waals surface area contributed by atoms with Crippen molar-refractivity contribution in [3.8, 4) is 5.75 Å². The van der Waals surface area contributed by atoms with Crippen molar-refractivity contribution in [3.63, 3.8) is 0 Å². The molecule has 1 aliphatic carbocycles. The van der Waals surface area contributed by atoms with E-state index in [1.54, 1.807) is 39.5 Å². The number of phenols is 1. The minimum atomic E-state index is -0.278. The molecule has 0 bridgehead atoms. The summed E-state index contributed by atoms with van der Waals surface area (Å²) in [5.74, 6) is 0.773. The number of benzene rings is 1. The minimum absolute atomic E-state index is 0.168. The van der Waals surface area contributed by atoms with Crippen molar-refractivity contribution in [2.75, 3.05) is 21.3 Å². The molecule has 0 spiro atoms. The number of methoxy groups -OCH3 is 3. The first-order valence-corrected chi connectivity index (χ1v) is 7.09. The van der Waals surface area contributed by atoms with Crippen LogP contribution >= 0.6 is 0 Å².